The topological polar surface area (TPSA) is 35.6 Å². The first-order valence-corrected chi connectivity index (χ1v) is 20.6. The van der Waals surface area contributed by atoms with Gasteiger partial charge < -0.3 is 4.57 Å². The monoisotopic (exact) mass is 776 g/mol. The van der Waals surface area contributed by atoms with Gasteiger partial charge in [0.2, 0.25) is 0 Å². The SMILES string of the molecule is Clc1nc2ccccc2nc1-n1c2ccc(-c3ccc4c(c3)c3ccccc3n4-c3ccccc3)cc2c2c3ccccc3c3c(sc4ccc5ccccc5c43)c21. The lowest BCUT2D eigenvalue weighted by Crippen LogP contribution is -2.01. The van der Waals surface area contributed by atoms with Crippen LogP contribution in [-0.4, -0.2) is 19.1 Å². The first kappa shape index (κ1) is 32.1. The molecular weight excluding hydrogens is 748 g/mol. The molecule has 4 nitrogen and oxygen atoms in total. The van der Waals surface area contributed by atoms with Crippen molar-refractivity contribution in [3.05, 3.63) is 181 Å². The van der Waals surface area contributed by atoms with E-state index < -0.39 is 0 Å². The van der Waals surface area contributed by atoms with E-state index in [4.69, 9.17) is 21.6 Å². The molecule has 0 saturated heterocycles. The highest BCUT2D eigenvalue weighted by molar-refractivity contribution is 7.27. The van der Waals surface area contributed by atoms with E-state index in [1.165, 1.54) is 68.9 Å². The average Bonchev–Trinajstić information content (AvgIpc) is 3.95. The first-order chi connectivity index (χ1) is 28.7. The largest absolute Gasteiger partial charge is 0.309 e. The number of fused-ring (bicyclic) bond motifs is 16. The van der Waals surface area contributed by atoms with Gasteiger partial charge in [0.25, 0.3) is 0 Å². The number of halogens is 1. The van der Waals surface area contributed by atoms with E-state index >= 15 is 0 Å². The molecule has 13 rings (SSSR count). The van der Waals surface area contributed by atoms with Crippen molar-refractivity contribution in [3.63, 3.8) is 0 Å². The lowest BCUT2D eigenvalue weighted by molar-refractivity contribution is 1.08. The Bertz CT molecular complexity index is 3880. The molecule has 0 fully saturated rings. The smallest absolute Gasteiger partial charge is 0.176 e. The molecule has 4 heterocycles. The van der Waals surface area contributed by atoms with Crippen LogP contribution in [0.25, 0.3) is 119 Å². The lowest BCUT2D eigenvalue weighted by Gasteiger charge is -2.11. The standard InChI is InChI=1S/C52H29ClN4S/c53-51-52(55-41-20-10-9-19-40(41)54-51)57-44-26-23-32(31-22-25-43-38(28-31)35-16-8-11-21-42(35)56(43)33-13-2-1-3-14-33)29-39(44)46-36-17-6-7-18-37(36)48-47-34-15-5-4-12-30(34)24-27-45(47)58-50(48)49(46)57/h1-29H. The van der Waals surface area contributed by atoms with E-state index in [1.54, 1.807) is 0 Å². The van der Waals surface area contributed by atoms with Crippen molar-refractivity contribution in [2.24, 2.45) is 0 Å². The van der Waals surface area contributed by atoms with Crippen LogP contribution in [0.15, 0.2) is 176 Å². The molecule has 0 saturated carbocycles. The third-order valence-electron chi connectivity index (χ3n) is 12.0. The Labute approximate surface area is 340 Å². The molecule has 270 valence electrons. The third kappa shape index (κ3) is 4.40. The van der Waals surface area contributed by atoms with Crippen molar-refractivity contribution in [3.8, 4) is 22.6 Å². The van der Waals surface area contributed by atoms with Crippen LogP contribution in [0.2, 0.25) is 5.15 Å². The second kappa shape index (κ2) is 12.0. The third-order valence-corrected chi connectivity index (χ3v) is 13.4. The zero-order valence-corrected chi connectivity index (χ0v) is 32.4. The fourth-order valence-electron chi connectivity index (χ4n) is 9.51. The van der Waals surface area contributed by atoms with E-state index in [0.29, 0.717) is 11.0 Å². The van der Waals surface area contributed by atoms with E-state index in [9.17, 15) is 0 Å². The number of hydrogen-bond donors (Lipinski definition) is 0. The molecule has 0 spiro atoms. The summed E-state index contributed by atoms with van der Waals surface area (Å²) >= 11 is 9.05. The lowest BCUT2D eigenvalue weighted by atomic mass is 9.95. The molecule has 0 aliphatic rings. The molecule has 0 amide bonds. The summed E-state index contributed by atoms with van der Waals surface area (Å²) in [6.07, 6.45) is 0. The van der Waals surface area contributed by atoms with Crippen LogP contribution in [0.4, 0.5) is 0 Å². The summed E-state index contributed by atoms with van der Waals surface area (Å²) in [5, 5.41) is 12.6. The highest BCUT2D eigenvalue weighted by Crippen LogP contribution is 2.50. The normalized spacial score (nSPS) is 12.2. The Morgan fingerprint density at radius 1 is 0.431 bits per heavy atom. The van der Waals surface area contributed by atoms with Gasteiger partial charge in [-0.3, -0.25) is 4.57 Å². The molecular formula is C52H29ClN4S. The van der Waals surface area contributed by atoms with Gasteiger partial charge in [-0.25, -0.2) is 9.97 Å². The summed E-state index contributed by atoms with van der Waals surface area (Å²) in [5.74, 6) is 0.627. The Morgan fingerprint density at radius 3 is 1.83 bits per heavy atom. The minimum absolute atomic E-state index is 0.370. The van der Waals surface area contributed by atoms with Crippen LogP contribution in [0.1, 0.15) is 0 Å². The van der Waals surface area contributed by atoms with Gasteiger partial charge in [0, 0.05) is 42.7 Å². The second-order valence-electron chi connectivity index (χ2n) is 15.0. The molecule has 0 radical (unpaired) electrons. The minimum atomic E-state index is 0.370. The number of aromatic nitrogens is 4. The van der Waals surface area contributed by atoms with Gasteiger partial charge in [0.1, 0.15) is 0 Å². The van der Waals surface area contributed by atoms with Crippen LogP contribution >= 0.6 is 22.9 Å². The van der Waals surface area contributed by atoms with Gasteiger partial charge in [0.15, 0.2) is 11.0 Å². The molecule has 0 N–H and O–H groups in total. The van der Waals surface area contributed by atoms with Crippen LogP contribution in [0.5, 0.6) is 0 Å². The van der Waals surface area contributed by atoms with Gasteiger partial charge >= 0.3 is 0 Å². The first-order valence-electron chi connectivity index (χ1n) is 19.4. The molecule has 0 bridgehead atoms. The Balaban J connectivity index is 1.16. The van der Waals surface area contributed by atoms with E-state index in [1.807, 2.05) is 35.6 Å². The quantitative estimate of drug-likeness (QED) is 0.179. The summed E-state index contributed by atoms with van der Waals surface area (Å²) in [5.41, 5.74) is 9.54. The summed E-state index contributed by atoms with van der Waals surface area (Å²) in [4.78, 5) is 10.1. The zero-order chi connectivity index (χ0) is 38.1. The number of hydrogen-bond acceptors (Lipinski definition) is 3. The summed E-state index contributed by atoms with van der Waals surface area (Å²) in [6.45, 7) is 0. The predicted octanol–water partition coefficient (Wildman–Crippen LogP) is 14.8. The Kier molecular flexibility index (Phi) is 6.63. The number of para-hydroxylation sites is 4. The molecule has 0 unspecified atom stereocenters. The number of benzene rings is 9. The molecule has 9 aromatic carbocycles. The van der Waals surface area contributed by atoms with Gasteiger partial charge in [-0.2, -0.15) is 0 Å². The van der Waals surface area contributed by atoms with Crippen LogP contribution in [0.3, 0.4) is 0 Å². The van der Waals surface area contributed by atoms with Crippen molar-refractivity contribution < 1.29 is 0 Å². The maximum Gasteiger partial charge on any atom is 0.176 e. The highest BCUT2D eigenvalue weighted by Gasteiger charge is 2.25. The average molecular weight is 777 g/mol. The van der Waals surface area contributed by atoms with Gasteiger partial charge in [-0.1, -0.05) is 127 Å². The van der Waals surface area contributed by atoms with Crippen LogP contribution in [-0.2, 0) is 0 Å². The van der Waals surface area contributed by atoms with Crippen LogP contribution in [0, 0.1) is 0 Å². The molecule has 0 atom stereocenters. The summed E-state index contributed by atoms with van der Waals surface area (Å²) in [6, 6.07) is 63.2. The fourth-order valence-corrected chi connectivity index (χ4v) is 11.0. The molecule has 58 heavy (non-hydrogen) atoms. The minimum Gasteiger partial charge on any atom is -0.309 e. The van der Waals surface area contributed by atoms with Gasteiger partial charge in [-0.15, -0.1) is 11.3 Å². The predicted molar refractivity (Wildman–Crippen MR) is 247 cm³/mol. The van der Waals surface area contributed by atoms with Crippen molar-refractivity contribution in [2.45, 2.75) is 0 Å². The number of nitrogens with zero attached hydrogens (tertiary/aromatic N) is 4. The van der Waals surface area contributed by atoms with Gasteiger partial charge in [-0.05, 0) is 93.3 Å². The molecule has 13 aromatic rings. The summed E-state index contributed by atoms with van der Waals surface area (Å²) < 4.78 is 7.10. The Morgan fingerprint density at radius 2 is 1.03 bits per heavy atom. The molecule has 4 aromatic heterocycles. The zero-order valence-electron chi connectivity index (χ0n) is 30.8. The van der Waals surface area contributed by atoms with Crippen molar-refractivity contribution >= 4 is 119 Å². The fraction of sp³-hybridized carbons (Fsp3) is 0. The van der Waals surface area contributed by atoms with Crippen molar-refractivity contribution in [2.75, 3.05) is 0 Å². The van der Waals surface area contributed by atoms with E-state index in [2.05, 4.69) is 161 Å². The highest BCUT2D eigenvalue weighted by atomic mass is 35.5. The molecule has 0 aliphatic carbocycles. The maximum atomic E-state index is 7.21. The number of thiophene rings is 1. The second-order valence-corrected chi connectivity index (χ2v) is 16.5. The van der Waals surface area contributed by atoms with Crippen molar-refractivity contribution in [1.82, 2.24) is 19.1 Å². The van der Waals surface area contributed by atoms with Crippen LogP contribution < -0.4 is 0 Å². The number of rotatable bonds is 3. The maximum absolute atomic E-state index is 7.21. The van der Waals surface area contributed by atoms with Gasteiger partial charge in [0.05, 0.1) is 37.8 Å². The molecule has 6 heteroatoms. The molecule has 0 aliphatic heterocycles. The van der Waals surface area contributed by atoms with Crippen molar-refractivity contribution in [1.29, 1.82) is 0 Å². The Hall–Kier alpha value is -7.05. The van der Waals surface area contributed by atoms with E-state index in [-0.39, 0.29) is 0 Å². The summed E-state index contributed by atoms with van der Waals surface area (Å²) in [7, 11) is 0. The van der Waals surface area contributed by atoms with E-state index in [0.717, 1.165) is 44.3 Å².